The molecule has 6 nitrogen and oxygen atoms in total. The van der Waals surface area contributed by atoms with E-state index in [2.05, 4.69) is 22.5 Å². The molecule has 0 saturated carbocycles. The molecule has 6 heteroatoms. The number of carbonyl (C=O) groups is 2. The highest BCUT2D eigenvalue weighted by Gasteiger charge is 2.20. The first kappa shape index (κ1) is 19.2. The Kier molecular flexibility index (Phi) is 7.73. The lowest BCUT2D eigenvalue weighted by Gasteiger charge is -2.22. The van der Waals surface area contributed by atoms with Gasteiger partial charge < -0.3 is 20.3 Å². The average molecular weight is 347 g/mol. The van der Waals surface area contributed by atoms with Gasteiger partial charge in [-0.2, -0.15) is 0 Å². The van der Waals surface area contributed by atoms with Gasteiger partial charge in [0.1, 0.15) is 0 Å². The van der Waals surface area contributed by atoms with E-state index in [-0.39, 0.29) is 11.8 Å². The SMILES string of the molecule is CCCCC(=O)Nc1ccc(N2CCCC2)c(C(=O)NCCOC)c1. The standard InChI is InChI=1S/C19H29N3O3/c1-3-4-7-18(23)21-15-8-9-17(22-11-5-6-12-22)16(14-15)19(24)20-10-13-25-2/h8-9,14H,3-7,10-13H2,1-2H3,(H,20,24)(H,21,23). The van der Waals surface area contributed by atoms with Crippen LogP contribution in [0, 0.1) is 0 Å². The Balaban J connectivity index is 2.16. The van der Waals surface area contributed by atoms with Crippen LogP contribution in [0.5, 0.6) is 0 Å². The normalized spacial score (nSPS) is 13.8. The van der Waals surface area contributed by atoms with Crippen molar-refractivity contribution >= 4 is 23.2 Å². The van der Waals surface area contributed by atoms with Crippen molar-refractivity contribution < 1.29 is 14.3 Å². The summed E-state index contributed by atoms with van der Waals surface area (Å²) in [5.41, 5.74) is 2.20. The number of benzene rings is 1. The Hall–Kier alpha value is -2.08. The summed E-state index contributed by atoms with van der Waals surface area (Å²) >= 11 is 0. The molecule has 2 rings (SSSR count). The molecule has 1 aromatic carbocycles. The molecular weight excluding hydrogens is 318 g/mol. The second-order valence-electron chi connectivity index (χ2n) is 6.33. The van der Waals surface area contributed by atoms with Crippen LogP contribution in [0.4, 0.5) is 11.4 Å². The van der Waals surface area contributed by atoms with Gasteiger partial charge in [-0.15, -0.1) is 0 Å². The predicted octanol–water partition coefficient (Wildman–Crippen LogP) is 2.79. The first-order chi connectivity index (χ1) is 12.2. The van der Waals surface area contributed by atoms with Crippen LogP contribution in [-0.4, -0.2) is 45.2 Å². The zero-order chi connectivity index (χ0) is 18.1. The van der Waals surface area contributed by atoms with E-state index >= 15 is 0 Å². The van der Waals surface area contributed by atoms with Crippen LogP contribution in [-0.2, 0) is 9.53 Å². The molecule has 0 aliphatic carbocycles. The number of anilines is 2. The van der Waals surface area contributed by atoms with Crippen LogP contribution in [0.15, 0.2) is 18.2 Å². The largest absolute Gasteiger partial charge is 0.383 e. The number of amides is 2. The van der Waals surface area contributed by atoms with E-state index < -0.39 is 0 Å². The Morgan fingerprint density at radius 3 is 2.68 bits per heavy atom. The fourth-order valence-corrected chi connectivity index (χ4v) is 2.95. The summed E-state index contributed by atoms with van der Waals surface area (Å²) < 4.78 is 4.99. The smallest absolute Gasteiger partial charge is 0.253 e. The van der Waals surface area contributed by atoms with Gasteiger partial charge >= 0.3 is 0 Å². The fraction of sp³-hybridized carbons (Fsp3) is 0.579. The molecule has 25 heavy (non-hydrogen) atoms. The molecule has 0 spiro atoms. The minimum absolute atomic E-state index is 0.0125. The molecule has 2 amide bonds. The van der Waals surface area contributed by atoms with E-state index in [4.69, 9.17) is 4.74 Å². The van der Waals surface area contributed by atoms with Gasteiger partial charge in [-0.1, -0.05) is 13.3 Å². The van der Waals surface area contributed by atoms with E-state index in [1.165, 1.54) is 0 Å². The Morgan fingerprint density at radius 1 is 1.24 bits per heavy atom. The number of hydrogen-bond donors (Lipinski definition) is 2. The number of unbranched alkanes of at least 4 members (excludes halogenated alkanes) is 1. The summed E-state index contributed by atoms with van der Waals surface area (Å²) in [4.78, 5) is 26.8. The highest BCUT2D eigenvalue weighted by atomic mass is 16.5. The minimum Gasteiger partial charge on any atom is -0.383 e. The number of ether oxygens (including phenoxy) is 1. The molecule has 0 unspecified atom stereocenters. The predicted molar refractivity (Wildman–Crippen MR) is 100 cm³/mol. The van der Waals surface area contributed by atoms with Crippen molar-refractivity contribution in [3.05, 3.63) is 23.8 Å². The van der Waals surface area contributed by atoms with Gasteiger partial charge in [0.15, 0.2) is 0 Å². The third-order valence-electron chi connectivity index (χ3n) is 4.32. The zero-order valence-electron chi connectivity index (χ0n) is 15.3. The minimum atomic E-state index is -0.136. The van der Waals surface area contributed by atoms with Crippen LogP contribution >= 0.6 is 0 Å². The molecule has 1 fully saturated rings. The zero-order valence-corrected chi connectivity index (χ0v) is 15.3. The van der Waals surface area contributed by atoms with Crippen molar-refractivity contribution in [2.75, 3.05) is 43.6 Å². The van der Waals surface area contributed by atoms with Gasteiger partial charge in [-0.3, -0.25) is 9.59 Å². The molecule has 1 aliphatic heterocycles. The van der Waals surface area contributed by atoms with Crippen LogP contribution in [0.2, 0.25) is 0 Å². The molecule has 0 aromatic heterocycles. The summed E-state index contributed by atoms with van der Waals surface area (Å²) in [5, 5.41) is 5.77. The second-order valence-corrected chi connectivity index (χ2v) is 6.33. The molecule has 2 N–H and O–H groups in total. The molecule has 1 saturated heterocycles. The first-order valence-electron chi connectivity index (χ1n) is 9.11. The average Bonchev–Trinajstić information content (AvgIpc) is 3.14. The number of carbonyl (C=O) groups excluding carboxylic acids is 2. The van der Waals surface area contributed by atoms with E-state index in [0.717, 1.165) is 44.5 Å². The maximum atomic E-state index is 12.6. The number of methoxy groups -OCH3 is 1. The highest BCUT2D eigenvalue weighted by molar-refractivity contribution is 6.02. The first-order valence-corrected chi connectivity index (χ1v) is 9.11. The molecule has 1 aliphatic rings. The Morgan fingerprint density at radius 2 is 2.00 bits per heavy atom. The van der Waals surface area contributed by atoms with Gasteiger partial charge in [0.05, 0.1) is 12.2 Å². The summed E-state index contributed by atoms with van der Waals surface area (Å²) in [6.45, 7) is 4.90. The third kappa shape index (κ3) is 5.74. The quantitative estimate of drug-likeness (QED) is 0.674. The Bertz CT molecular complexity index is 583. The van der Waals surface area contributed by atoms with Gasteiger partial charge in [-0.05, 0) is 37.5 Å². The maximum absolute atomic E-state index is 12.6. The van der Waals surface area contributed by atoms with Crippen LogP contribution < -0.4 is 15.5 Å². The number of nitrogens with zero attached hydrogens (tertiary/aromatic N) is 1. The monoisotopic (exact) mass is 347 g/mol. The summed E-state index contributed by atoms with van der Waals surface area (Å²) in [7, 11) is 1.61. The van der Waals surface area contributed by atoms with Crippen molar-refractivity contribution in [3.8, 4) is 0 Å². The molecule has 138 valence electrons. The third-order valence-corrected chi connectivity index (χ3v) is 4.32. The number of hydrogen-bond acceptors (Lipinski definition) is 4. The van der Waals surface area contributed by atoms with E-state index in [9.17, 15) is 9.59 Å². The molecule has 1 aromatic rings. The maximum Gasteiger partial charge on any atom is 0.253 e. The lowest BCUT2D eigenvalue weighted by atomic mass is 10.1. The van der Waals surface area contributed by atoms with Crippen molar-refractivity contribution in [1.82, 2.24) is 5.32 Å². The van der Waals surface area contributed by atoms with Crippen molar-refractivity contribution in [3.63, 3.8) is 0 Å². The molecule has 1 heterocycles. The van der Waals surface area contributed by atoms with Crippen molar-refractivity contribution in [2.45, 2.75) is 39.0 Å². The molecule has 0 radical (unpaired) electrons. The van der Waals surface area contributed by atoms with Crippen LogP contribution in [0.3, 0.4) is 0 Å². The van der Waals surface area contributed by atoms with Gasteiger partial charge in [0, 0.05) is 44.5 Å². The Labute approximate surface area is 149 Å². The van der Waals surface area contributed by atoms with Crippen LogP contribution in [0.1, 0.15) is 49.4 Å². The summed E-state index contributed by atoms with van der Waals surface area (Å²) in [6.07, 6.45) is 4.62. The van der Waals surface area contributed by atoms with Crippen molar-refractivity contribution in [1.29, 1.82) is 0 Å². The van der Waals surface area contributed by atoms with Gasteiger partial charge in [0.25, 0.3) is 5.91 Å². The summed E-state index contributed by atoms with van der Waals surface area (Å²) in [6, 6.07) is 5.59. The molecular formula is C19H29N3O3. The van der Waals surface area contributed by atoms with Gasteiger partial charge in [0.2, 0.25) is 5.91 Å². The van der Waals surface area contributed by atoms with E-state index in [0.29, 0.717) is 30.8 Å². The van der Waals surface area contributed by atoms with Gasteiger partial charge in [-0.25, -0.2) is 0 Å². The van der Waals surface area contributed by atoms with Crippen molar-refractivity contribution in [2.24, 2.45) is 0 Å². The topological polar surface area (TPSA) is 70.7 Å². The summed E-state index contributed by atoms with van der Waals surface area (Å²) in [5.74, 6) is -0.148. The van der Waals surface area contributed by atoms with Crippen LogP contribution in [0.25, 0.3) is 0 Å². The fourth-order valence-electron chi connectivity index (χ4n) is 2.95. The lowest BCUT2D eigenvalue weighted by Crippen LogP contribution is -2.30. The lowest BCUT2D eigenvalue weighted by molar-refractivity contribution is -0.116. The second kappa shape index (κ2) is 10.0. The number of nitrogens with one attached hydrogen (secondary N) is 2. The molecule has 0 bridgehead atoms. The number of rotatable bonds is 9. The van der Waals surface area contributed by atoms with E-state index in [1.807, 2.05) is 12.1 Å². The highest BCUT2D eigenvalue weighted by Crippen LogP contribution is 2.27. The van der Waals surface area contributed by atoms with E-state index in [1.54, 1.807) is 13.2 Å². The molecule has 0 atom stereocenters.